The number of hydrogen-bond acceptors (Lipinski definition) is 6. The molecule has 1 aromatic carbocycles. The minimum absolute atomic E-state index is 0.0873. The Morgan fingerprint density at radius 2 is 1.76 bits per heavy atom. The van der Waals surface area contributed by atoms with E-state index in [2.05, 4.69) is 14.7 Å². The van der Waals surface area contributed by atoms with Crippen LogP contribution in [0.4, 0.5) is 4.79 Å². The first-order valence-corrected chi connectivity index (χ1v) is 6.48. The molecule has 0 aliphatic carbocycles. The molecule has 0 spiro atoms. The summed E-state index contributed by atoms with van der Waals surface area (Å²) in [5, 5.41) is 3.41. The number of aldehydes is 1. The summed E-state index contributed by atoms with van der Waals surface area (Å²) in [5.41, 5.74) is 0.575. The van der Waals surface area contributed by atoms with Crippen LogP contribution >= 0.6 is 0 Å². The fourth-order valence-electron chi connectivity index (χ4n) is 1.09. The lowest BCUT2D eigenvalue weighted by Gasteiger charge is -2.00. The summed E-state index contributed by atoms with van der Waals surface area (Å²) in [6, 6.07) is 8.61. The number of oxime groups is 1. The lowest BCUT2D eigenvalue weighted by Crippen LogP contribution is -2.12. The molecule has 0 radical (unpaired) electrons. The summed E-state index contributed by atoms with van der Waals surface area (Å²) in [7, 11) is 0. The van der Waals surface area contributed by atoms with E-state index in [0.717, 1.165) is 6.29 Å². The predicted octanol–water partition coefficient (Wildman–Crippen LogP) is 3.01. The minimum Gasteiger partial charge on any atom is -0.433 e. The molecule has 114 valence electrons. The van der Waals surface area contributed by atoms with Crippen LogP contribution in [0.25, 0.3) is 0 Å². The topological polar surface area (TPSA) is 82.0 Å². The average Bonchev–Trinajstić information content (AvgIpc) is 2.53. The first kappa shape index (κ1) is 18.5. The van der Waals surface area contributed by atoms with E-state index in [0.29, 0.717) is 12.0 Å². The van der Waals surface area contributed by atoms with Crippen molar-refractivity contribution in [2.45, 2.75) is 27.2 Å². The first-order valence-electron chi connectivity index (χ1n) is 6.48. The van der Waals surface area contributed by atoms with Gasteiger partial charge in [0.2, 0.25) is 5.78 Å². The summed E-state index contributed by atoms with van der Waals surface area (Å²) in [6.45, 7) is 5.12. The molecule has 0 atom stereocenters. The second-order valence-electron chi connectivity index (χ2n) is 3.72. The van der Waals surface area contributed by atoms with E-state index in [9.17, 15) is 14.4 Å². The lowest BCUT2D eigenvalue weighted by molar-refractivity contribution is -0.107. The molecule has 21 heavy (non-hydrogen) atoms. The van der Waals surface area contributed by atoms with E-state index < -0.39 is 6.16 Å². The van der Waals surface area contributed by atoms with Crippen LogP contribution in [0.15, 0.2) is 35.5 Å². The van der Waals surface area contributed by atoms with Crippen molar-refractivity contribution in [3.63, 3.8) is 0 Å². The van der Waals surface area contributed by atoms with Crippen LogP contribution in [-0.4, -0.2) is 30.5 Å². The van der Waals surface area contributed by atoms with E-state index in [1.807, 2.05) is 6.92 Å². The molecule has 0 aliphatic heterocycles. The molecule has 1 aromatic rings. The largest absolute Gasteiger partial charge is 0.535 e. The standard InChI is InChI=1S/C12H13NO4.C3H6O/c1-3-16-12(15)17-13-9(2)11(14)10-7-5-4-6-8-10;1-2-3-4/h4-8H,3H2,1-2H3;3H,2H2,1H3. The Morgan fingerprint density at radius 3 is 2.24 bits per heavy atom. The van der Waals surface area contributed by atoms with Crippen LogP contribution in [-0.2, 0) is 14.4 Å². The molecule has 0 heterocycles. The van der Waals surface area contributed by atoms with Gasteiger partial charge in [-0.2, -0.15) is 0 Å². The van der Waals surface area contributed by atoms with Crippen molar-refractivity contribution in [3.05, 3.63) is 35.9 Å². The van der Waals surface area contributed by atoms with Crippen molar-refractivity contribution in [2.24, 2.45) is 5.16 Å². The quantitative estimate of drug-likeness (QED) is 0.208. The number of rotatable bonds is 5. The van der Waals surface area contributed by atoms with Gasteiger partial charge in [-0.25, -0.2) is 4.79 Å². The molecule has 0 aromatic heterocycles. The fraction of sp³-hybridized carbons (Fsp3) is 0.333. The van der Waals surface area contributed by atoms with Gasteiger partial charge in [0.1, 0.15) is 12.0 Å². The zero-order valence-electron chi connectivity index (χ0n) is 12.4. The third-order valence-electron chi connectivity index (χ3n) is 2.05. The van der Waals surface area contributed by atoms with Gasteiger partial charge in [0, 0.05) is 12.0 Å². The smallest absolute Gasteiger partial charge is 0.433 e. The minimum atomic E-state index is -0.923. The Hall–Kier alpha value is -2.50. The monoisotopic (exact) mass is 293 g/mol. The van der Waals surface area contributed by atoms with Gasteiger partial charge in [-0.3, -0.25) is 9.63 Å². The second kappa shape index (κ2) is 11.3. The summed E-state index contributed by atoms with van der Waals surface area (Å²) < 4.78 is 4.50. The number of carbonyl (C=O) groups is 3. The number of nitrogens with zero attached hydrogens (tertiary/aromatic N) is 1. The van der Waals surface area contributed by atoms with E-state index in [-0.39, 0.29) is 18.1 Å². The summed E-state index contributed by atoms with van der Waals surface area (Å²) in [4.78, 5) is 36.2. The molecule has 0 saturated carbocycles. The first-order chi connectivity index (χ1) is 10.1. The van der Waals surface area contributed by atoms with Crippen molar-refractivity contribution in [3.8, 4) is 0 Å². The maximum absolute atomic E-state index is 11.8. The SMILES string of the molecule is CCC=O.CCOC(=O)ON=C(C)C(=O)c1ccccc1. The molecule has 1 rings (SSSR count). The van der Waals surface area contributed by atoms with Gasteiger partial charge in [0.05, 0.1) is 6.61 Å². The fourth-order valence-corrected chi connectivity index (χ4v) is 1.09. The van der Waals surface area contributed by atoms with Crippen molar-refractivity contribution in [1.82, 2.24) is 0 Å². The highest BCUT2D eigenvalue weighted by Crippen LogP contribution is 2.02. The molecule has 0 bridgehead atoms. The van der Waals surface area contributed by atoms with Crippen molar-refractivity contribution in [2.75, 3.05) is 6.61 Å². The number of hydrogen-bond donors (Lipinski definition) is 0. The Bertz CT molecular complexity index is 482. The summed E-state index contributed by atoms with van der Waals surface area (Å²) in [6.07, 6.45) is 0.590. The molecular weight excluding hydrogens is 274 g/mol. The van der Waals surface area contributed by atoms with Crippen LogP contribution in [0.5, 0.6) is 0 Å². The maximum atomic E-state index is 11.8. The van der Waals surface area contributed by atoms with Crippen LogP contribution in [0.2, 0.25) is 0 Å². The molecule has 6 heteroatoms. The van der Waals surface area contributed by atoms with Gasteiger partial charge in [0.25, 0.3) is 0 Å². The third kappa shape index (κ3) is 8.30. The van der Waals surface area contributed by atoms with Gasteiger partial charge in [0.15, 0.2) is 0 Å². The second-order valence-corrected chi connectivity index (χ2v) is 3.72. The Labute approximate surface area is 123 Å². The number of ketones is 1. The van der Waals surface area contributed by atoms with Crippen molar-refractivity contribution >= 4 is 23.9 Å². The molecule has 0 unspecified atom stereocenters. The van der Waals surface area contributed by atoms with E-state index in [1.165, 1.54) is 6.92 Å². The van der Waals surface area contributed by atoms with E-state index >= 15 is 0 Å². The summed E-state index contributed by atoms with van der Waals surface area (Å²) >= 11 is 0. The normalized spacial score (nSPS) is 9.95. The van der Waals surface area contributed by atoms with Crippen LogP contribution in [0.1, 0.15) is 37.6 Å². The predicted molar refractivity (Wildman–Crippen MR) is 78.3 cm³/mol. The lowest BCUT2D eigenvalue weighted by atomic mass is 10.1. The van der Waals surface area contributed by atoms with Gasteiger partial charge in [-0.1, -0.05) is 42.4 Å². The number of Topliss-reactive ketones (excluding diaryl/α,β-unsaturated/α-hetero) is 1. The zero-order chi connectivity index (χ0) is 16.1. The Balaban J connectivity index is 0.000000885. The highest BCUT2D eigenvalue weighted by atomic mass is 16.8. The number of carbonyl (C=O) groups excluding carboxylic acids is 3. The third-order valence-corrected chi connectivity index (χ3v) is 2.05. The summed E-state index contributed by atoms with van der Waals surface area (Å²) in [5.74, 6) is -0.296. The molecule has 0 saturated heterocycles. The maximum Gasteiger partial charge on any atom is 0.535 e. The molecule has 0 amide bonds. The van der Waals surface area contributed by atoms with Crippen LogP contribution < -0.4 is 0 Å². The highest BCUT2D eigenvalue weighted by Gasteiger charge is 2.10. The highest BCUT2D eigenvalue weighted by molar-refractivity contribution is 6.45. The molecular formula is C15H19NO5. The van der Waals surface area contributed by atoms with Crippen molar-refractivity contribution < 1.29 is 24.0 Å². The van der Waals surface area contributed by atoms with E-state index in [1.54, 1.807) is 37.3 Å². The van der Waals surface area contributed by atoms with Crippen LogP contribution in [0.3, 0.4) is 0 Å². The molecule has 0 fully saturated rings. The number of ether oxygens (including phenoxy) is 1. The Kier molecular flexibility index (Phi) is 9.99. The Morgan fingerprint density at radius 1 is 1.19 bits per heavy atom. The van der Waals surface area contributed by atoms with Gasteiger partial charge in [-0.15, -0.1) is 0 Å². The van der Waals surface area contributed by atoms with E-state index in [4.69, 9.17) is 0 Å². The van der Waals surface area contributed by atoms with Gasteiger partial charge >= 0.3 is 6.16 Å². The number of benzene rings is 1. The molecule has 0 N–H and O–H groups in total. The van der Waals surface area contributed by atoms with Gasteiger partial charge in [-0.05, 0) is 13.8 Å². The van der Waals surface area contributed by atoms with Gasteiger partial charge < -0.3 is 9.53 Å². The molecule has 0 aliphatic rings. The molecule has 6 nitrogen and oxygen atoms in total. The van der Waals surface area contributed by atoms with Crippen molar-refractivity contribution in [1.29, 1.82) is 0 Å². The average molecular weight is 293 g/mol. The zero-order valence-corrected chi connectivity index (χ0v) is 12.4. The van der Waals surface area contributed by atoms with Crippen LogP contribution in [0, 0.1) is 0 Å².